The molecular formula is C18H26N2O3. The van der Waals surface area contributed by atoms with Crippen LogP contribution in [0.2, 0.25) is 0 Å². The maximum atomic E-state index is 12.6. The molecule has 2 atom stereocenters. The Morgan fingerprint density at radius 3 is 2.52 bits per heavy atom. The topological polar surface area (TPSA) is 62.7 Å². The number of aliphatic hydroxyl groups is 1. The summed E-state index contributed by atoms with van der Waals surface area (Å²) in [5.41, 5.74) is -0.550. The molecule has 2 aliphatic heterocycles. The molecule has 2 aliphatic rings. The standard InChI is InChI=1S/C18H26N2O3/c1-17(2,3)23-16(21)20-14-7-4-8-15(20)11-18(22,10-14)13-6-5-9-19-12-13/h5-6,9,12,14-15,22H,4,7-8,10-11H2,1-3H3. The molecule has 2 unspecified atom stereocenters. The van der Waals surface area contributed by atoms with Gasteiger partial charge in [-0.15, -0.1) is 0 Å². The number of aromatic nitrogens is 1. The first kappa shape index (κ1) is 16.2. The van der Waals surface area contributed by atoms with E-state index in [0.29, 0.717) is 12.8 Å². The summed E-state index contributed by atoms with van der Waals surface area (Å²) in [6.45, 7) is 5.66. The molecule has 5 heteroatoms. The molecule has 0 aromatic carbocycles. The van der Waals surface area contributed by atoms with Crippen molar-refractivity contribution in [2.75, 3.05) is 0 Å². The van der Waals surface area contributed by atoms with Gasteiger partial charge in [-0.1, -0.05) is 6.07 Å². The lowest BCUT2D eigenvalue weighted by molar-refractivity contribution is -0.0966. The molecule has 1 amide bonds. The summed E-state index contributed by atoms with van der Waals surface area (Å²) in [7, 11) is 0. The highest BCUT2D eigenvalue weighted by Crippen LogP contribution is 2.44. The summed E-state index contributed by atoms with van der Waals surface area (Å²) < 4.78 is 5.58. The number of amides is 1. The van der Waals surface area contributed by atoms with E-state index in [9.17, 15) is 9.90 Å². The number of nitrogens with zero attached hydrogens (tertiary/aromatic N) is 2. The Morgan fingerprint density at radius 1 is 1.35 bits per heavy atom. The Morgan fingerprint density at radius 2 is 2.00 bits per heavy atom. The van der Waals surface area contributed by atoms with E-state index in [1.54, 1.807) is 12.4 Å². The predicted molar refractivity (Wildman–Crippen MR) is 86.9 cm³/mol. The zero-order valence-corrected chi connectivity index (χ0v) is 14.2. The Labute approximate surface area is 137 Å². The maximum Gasteiger partial charge on any atom is 0.410 e. The first-order valence-electron chi connectivity index (χ1n) is 8.43. The molecule has 1 N–H and O–H groups in total. The van der Waals surface area contributed by atoms with E-state index in [1.807, 2.05) is 37.8 Å². The highest BCUT2D eigenvalue weighted by molar-refractivity contribution is 5.69. The fraction of sp³-hybridized carbons (Fsp3) is 0.667. The molecule has 2 saturated heterocycles. The van der Waals surface area contributed by atoms with Gasteiger partial charge in [-0.2, -0.15) is 0 Å². The minimum absolute atomic E-state index is 0.0301. The lowest BCUT2D eigenvalue weighted by Crippen LogP contribution is -2.59. The number of rotatable bonds is 1. The van der Waals surface area contributed by atoms with Crippen molar-refractivity contribution >= 4 is 6.09 Å². The van der Waals surface area contributed by atoms with Crippen LogP contribution in [0.1, 0.15) is 58.4 Å². The van der Waals surface area contributed by atoms with Crippen LogP contribution >= 0.6 is 0 Å². The van der Waals surface area contributed by atoms with E-state index in [2.05, 4.69) is 4.98 Å². The monoisotopic (exact) mass is 318 g/mol. The van der Waals surface area contributed by atoms with E-state index in [-0.39, 0.29) is 18.2 Å². The highest BCUT2D eigenvalue weighted by Gasteiger charge is 2.49. The summed E-state index contributed by atoms with van der Waals surface area (Å²) in [6.07, 6.45) is 7.22. The third kappa shape index (κ3) is 3.34. The van der Waals surface area contributed by atoms with Crippen molar-refractivity contribution in [2.24, 2.45) is 0 Å². The zero-order valence-electron chi connectivity index (χ0n) is 14.2. The van der Waals surface area contributed by atoms with Crippen molar-refractivity contribution in [1.82, 2.24) is 9.88 Å². The summed E-state index contributed by atoms with van der Waals surface area (Å²) >= 11 is 0. The van der Waals surface area contributed by atoms with Crippen LogP contribution in [0.15, 0.2) is 24.5 Å². The Balaban J connectivity index is 1.82. The molecule has 0 radical (unpaired) electrons. The molecule has 2 fully saturated rings. The Hall–Kier alpha value is -1.62. The van der Waals surface area contributed by atoms with Crippen LogP contribution in [0.5, 0.6) is 0 Å². The smallest absolute Gasteiger partial charge is 0.410 e. The van der Waals surface area contributed by atoms with Crippen molar-refractivity contribution in [2.45, 2.75) is 76.2 Å². The number of ether oxygens (including phenoxy) is 1. The average Bonchev–Trinajstić information content (AvgIpc) is 2.45. The van der Waals surface area contributed by atoms with Crippen molar-refractivity contribution in [3.63, 3.8) is 0 Å². The second-order valence-electron chi connectivity index (χ2n) is 7.81. The molecule has 1 aromatic heterocycles. The van der Waals surface area contributed by atoms with Crippen LogP contribution in [0.4, 0.5) is 4.79 Å². The highest BCUT2D eigenvalue weighted by atomic mass is 16.6. The van der Waals surface area contributed by atoms with Crippen LogP contribution in [-0.4, -0.2) is 38.8 Å². The molecule has 0 aliphatic carbocycles. The SMILES string of the molecule is CC(C)(C)OC(=O)N1C2CCCC1CC(O)(c1cccnc1)C2. The van der Waals surface area contributed by atoms with Crippen LogP contribution in [0.3, 0.4) is 0 Å². The molecule has 0 saturated carbocycles. The molecule has 23 heavy (non-hydrogen) atoms. The molecule has 3 heterocycles. The van der Waals surface area contributed by atoms with Crippen LogP contribution < -0.4 is 0 Å². The van der Waals surface area contributed by atoms with Crippen LogP contribution in [0, 0.1) is 0 Å². The van der Waals surface area contributed by atoms with Gasteiger partial charge in [-0.05, 0) is 46.1 Å². The van der Waals surface area contributed by atoms with E-state index in [4.69, 9.17) is 4.74 Å². The maximum absolute atomic E-state index is 12.6. The molecule has 126 valence electrons. The number of hydrogen-bond donors (Lipinski definition) is 1. The largest absolute Gasteiger partial charge is 0.444 e. The van der Waals surface area contributed by atoms with Gasteiger partial charge in [-0.3, -0.25) is 4.98 Å². The number of carbonyl (C=O) groups excluding carboxylic acids is 1. The average molecular weight is 318 g/mol. The number of piperidine rings is 2. The lowest BCUT2D eigenvalue weighted by atomic mass is 9.73. The molecule has 2 bridgehead atoms. The normalized spacial score (nSPS) is 30.9. The molecule has 5 nitrogen and oxygen atoms in total. The van der Waals surface area contributed by atoms with Crippen molar-refractivity contribution < 1.29 is 14.6 Å². The quantitative estimate of drug-likeness (QED) is 0.863. The second kappa shape index (κ2) is 5.78. The second-order valence-corrected chi connectivity index (χ2v) is 7.81. The van der Waals surface area contributed by atoms with E-state index >= 15 is 0 Å². The van der Waals surface area contributed by atoms with Gasteiger partial charge >= 0.3 is 6.09 Å². The van der Waals surface area contributed by atoms with Crippen LogP contribution in [0.25, 0.3) is 0 Å². The fourth-order valence-electron chi connectivity index (χ4n) is 3.92. The predicted octanol–water partition coefficient (Wildman–Crippen LogP) is 3.22. The number of pyridine rings is 1. The summed E-state index contributed by atoms with van der Waals surface area (Å²) in [5, 5.41) is 11.2. The minimum atomic E-state index is -0.900. The Bertz CT molecular complexity index is 553. The summed E-state index contributed by atoms with van der Waals surface area (Å²) in [4.78, 5) is 18.6. The Kier molecular flexibility index (Phi) is 4.08. The van der Waals surface area contributed by atoms with Gasteiger partial charge in [0, 0.05) is 42.9 Å². The van der Waals surface area contributed by atoms with Crippen molar-refractivity contribution in [1.29, 1.82) is 0 Å². The van der Waals surface area contributed by atoms with Gasteiger partial charge in [0.2, 0.25) is 0 Å². The van der Waals surface area contributed by atoms with Gasteiger partial charge < -0.3 is 14.7 Å². The van der Waals surface area contributed by atoms with E-state index in [1.165, 1.54) is 0 Å². The summed E-state index contributed by atoms with van der Waals surface area (Å²) in [6, 6.07) is 3.83. The minimum Gasteiger partial charge on any atom is -0.444 e. The van der Waals surface area contributed by atoms with Crippen molar-refractivity contribution in [3.8, 4) is 0 Å². The molecule has 1 aromatic rings. The van der Waals surface area contributed by atoms with Crippen LogP contribution in [-0.2, 0) is 10.3 Å². The van der Waals surface area contributed by atoms with Gasteiger partial charge in [-0.25, -0.2) is 4.79 Å². The number of fused-ring (bicyclic) bond motifs is 2. The lowest BCUT2D eigenvalue weighted by Gasteiger charge is -2.51. The third-order valence-corrected chi connectivity index (χ3v) is 4.81. The molecule has 0 spiro atoms. The van der Waals surface area contributed by atoms with E-state index in [0.717, 1.165) is 24.8 Å². The van der Waals surface area contributed by atoms with Gasteiger partial charge in [0.25, 0.3) is 0 Å². The number of carbonyl (C=O) groups is 1. The molecule has 3 rings (SSSR count). The molecular weight excluding hydrogens is 292 g/mol. The first-order chi connectivity index (χ1) is 10.8. The first-order valence-corrected chi connectivity index (χ1v) is 8.43. The third-order valence-electron chi connectivity index (χ3n) is 4.81. The zero-order chi connectivity index (χ0) is 16.7. The van der Waals surface area contributed by atoms with Crippen molar-refractivity contribution in [3.05, 3.63) is 30.1 Å². The van der Waals surface area contributed by atoms with E-state index < -0.39 is 11.2 Å². The fourth-order valence-corrected chi connectivity index (χ4v) is 3.92. The van der Waals surface area contributed by atoms with Gasteiger partial charge in [0.1, 0.15) is 5.60 Å². The summed E-state index contributed by atoms with van der Waals surface area (Å²) in [5.74, 6) is 0. The van der Waals surface area contributed by atoms with Gasteiger partial charge in [0.15, 0.2) is 0 Å². The van der Waals surface area contributed by atoms with Gasteiger partial charge in [0.05, 0.1) is 5.60 Å². The number of hydrogen-bond acceptors (Lipinski definition) is 4.